The predicted octanol–water partition coefficient (Wildman–Crippen LogP) is 0.609. The van der Waals surface area contributed by atoms with Crippen LogP contribution in [0.5, 0.6) is 0 Å². The lowest BCUT2D eigenvalue weighted by atomic mass is 10.3. The number of carbonyl (C=O) groups excluding carboxylic acids is 1. The summed E-state index contributed by atoms with van der Waals surface area (Å²) in [6.07, 6.45) is 0.964. The summed E-state index contributed by atoms with van der Waals surface area (Å²) in [5.41, 5.74) is 2.27. The molecule has 1 aliphatic rings. The van der Waals surface area contributed by atoms with Crippen molar-refractivity contribution in [2.45, 2.75) is 40.7 Å². The van der Waals surface area contributed by atoms with Gasteiger partial charge in [-0.3, -0.25) is 19.4 Å². The van der Waals surface area contributed by atoms with Gasteiger partial charge in [0, 0.05) is 71.5 Å². The molecule has 1 amide bonds. The molecule has 2 rings (SSSR count). The maximum absolute atomic E-state index is 11.4. The van der Waals surface area contributed by atoms with Crippen molar-refractivity contribution in [3.8, 4) is 0 Å². The van der Waals surface area contributed by atoms with E-state index >= 15 is 0 Å². The van der Waals surface area contributed by atoms with Gasteiger partial charge in [-0.2, -0.15) is 5.10 Å². The number of hydrogen-bond acceptors (Lipinski definition) is 4. The number of hydrogen-bond donors (Lipinski definition) is 2. The molecular formula is C19H35N7O. The lowest BCUT2D eigenvalue weighted by Gasteiger charge is -2.34. The fourth-order valence-electron chi connectivity index (χ4n) is 3.27. The number of piperazine rings is 1. The lowest BCUT2D eigenvalue weighted by molar-refractivity contribution is -0.130. The van der Waals surface area contributed by atoms with Gasteiger partial charge >= 0.3 is 0 Å². The highest BCUT2D eigenvalue weighted by Gasteiger charge is 2.17. The number of aryl methyl sites for hydroxylation is 3. The smallest absolute Gasteiger partial charge is 0.219 e. The third kappa shape index (κ3) is 7.21. The average molecular weight is 378 g/mol. The second-order valence-corrected chi connectivity index (χ2v) is 7.04. The quantitative estimate of drug-likeness (QED) is 0.394. The highest BCUT2D eigenvalue weighted by molar-refractivity contribution is 5.79. The molecule has 0 spiro atoms. The molecular weight excluding hydrogens is 342 g/mol. The fraction of sp³-hybridized carbons (Fsp3) is 0.737. The van der Waals surface area contributed by atoms with Crippen LogP contribution in [0.1, 0.15) is 31.7 Å². The zero-order valence-electron chi connectivity index (χ0n) is 17.3. The van der Waals surface area contributed by atoms with E-state index in [9.17, 15) is 4.79 Å². The van der Waals surface area contributed by atoms with E-state index < -0.39 is 0 Å². The molecule has 27 heavy (non-hydrogen) atoms. The first-order valence-corrected chi connectivity index (χ1v) is 10.0. The van der Waals surface area contributed by atoms with Gasteiger partial charge in [0.05, 0.1) is 5.69 Å². The van der Waals surface area contributed by atoms with Crippen molar-refractivity contribution in [1.29, 1.82) is 0 Å². The zero-order chi connectivity index (χ0) is 19.6. The molecule has 152 valence electrons. The van der Waals surface area contributed by atoms with Crippen LogP contribution in [0.15, 0.2) is 11.1 Å². The van der Waals surface area contributed by atoms with Crippen molar-refractivity contribution < 1.29 is 4.79 Å². The van der Waals surface area contributed by atoms with Crippen molar-refractivity contribution in [2.75, 3.05) is 52.4 Å². The van der Waals surface area contributed by atoms with E-state index in [1.54, 1.807) is 6.92 Å². The molecule has 1 fully saturated rings. The molecule has 2 heterocycles. The van der Waals surface area contributed by atoms with Crippen LogP contribution in [-0.2, 0) is 11.3 Å². The van der Waals surface area contributed by atoms with E-state index in [2.05, 4.69) is 45.5 Å². The first-order valence-electron chi connectivity index (χ1n) is 10.0. The van der Waals surface area contributed by atoms with E-state index in [0.29, 0.717) is 0 Å². The molecule has 2 N–H and O–H groups in total. The monoisotopic (exact) mass is 377 g/mol. The van der Waals surface area contributed by atoms with Crippen molar-refractivity contribution in [1.82, 2.24) is 30.2 Å². The van der Waals surface area contributed by atoms with E-state index in [4.69, 9.17) is 0 Å². The first kappa shape index (κ1) is 21.2. The highest BCUT2D eigenvalue weighted by atomic mass is 16.2. The van der Waals surface area contributed by atoms with E-state index in [1.165, 1.54) is 5.69 Å². The van der Waals surface area contributed by atoms with Gasteiger partial charge < -0.3 is 15.5 Å². The highest BCUT2D eigenvalue weighted by Crippen LogP contribution is 2.03. The SMILES string of the molecule is CCNC(=NCCCn1nc(C)cc1C)NCCN1CCN(C(C)=O)CC1. The molecule has 0 saturated carbocycles. The maximum Gasteiger partial charge on any atom is 0.219 e. The Kier molecular flexibility index (Phi) is 8.57. The van der Waals surface area contributed by atoms with Crippen LogP contribution in [0.4, 0.5) is 0 Å². The van der Waals surface area contributed by atoms with E-state index in [-0.39, 0.29) is 5.91 Å². The summed E-state index contributed by atoms with van der Waals surface area (Å²) < 4.78 is 2.05. The number of rotatable bonds is 8. The number of aromatic nitrogens is 2. The minimum Gasteiger partial charge on any atom is -0.357 e. The van der Waals surface area contributed by atoms with Crippen LogP contribution in [0.2, 0.25) is 0 Å². The first-order chi connectivity index (χ1) is 13.0. The number of nitrogens with zero attached hydrogens (tertiary/aromatic N) is 5. The summed E-state index contributed by atoms with van der Waals surface area (Å²) in [6, 6.07) is 2.10. The Bertz CT molecular complexity index is 618. The van der Waals surface area contributed by atoms with Gasteiger partial charge in [0.25, 0.3) is 0 Å². The van der Waals surface area contributed by atoms with Crippen LogP contribution in [-0.4, -0.2) is 83.8 Å². The van der Waals surface area contributed by atoms with Crippen LogP contribution in [0.3, 0.4) is 0 Å². The largest absolute Gasteiger partial charge is 0.357 e. The van der Waals surface area contributed by atoms with Gasteiger partial charge in [0.15, 0.2) is 5.96 Å². The molecule has 0 aliphatic carbocycles. The van der Waals surface area contributed by atoms with Crippen LogP contribution in [0, 0.1) is 13.8 Å². The van der Waals surface area contributed by atoms with Crippen molar-refractivity contribution in [2.24, 2.45) is 4.99 Å². The fourth-order valence-corrected chi connectivity index (χ4v) is 3.27. The summed E-state index contributed by atoms with van der Waals surface area (Å²) in [6.45, 7) is 15.7. The minimum atomic E-state index is 0.176. The standard InChI is InChI=1S/C19H35N7O/c1-5-20-19(21-7-6-9-26-17(3)15-16(2)23-26)22-8-10-24-11-13-25(14-12-24)18(4)27/h15H,5-14H2,1-4H3,(H2,20,21,22). The third-order valence-electron chi connectivity index (χ3n) is 4.78. The topological polar surface area (TPSA) is 77.8 Å². The lowest BCUT2D eigenvalue weighted by Crippen LogP contribution is -2.50. The van der Waals surface area contributed by atoms with Crippen molar-refractivity contribution >= 4 is 11.9 Å². The number of nitrogens with one attached hydrogen (secondary N) is 2. The van der Waals surface area contributed by atoms with Gasteiger partial charge in [-0.1, -0.05) is 0 Å². The Balaban J connectivity index is 1.67. The van der Waals surface area contributed by atoms with Gasteiger partial charge in [-0.25, -0.2) is 0 Å². The second-order valence-electron chi connectivity index (χ2n) is 7.04. The van der Waals surface area contributed by atoms with Crippen LogP contribution in [0.25, 0.3) is 0 Å². The second kappa shape index (κ2) is 10.9. The summed E-state index contributed by atoms with van der Waals surface area (Å²) in [5.74, 6) is 1.04. The summed E-state index contributed by atoms with van der Waals surface area (Å²) in [4.78, 5) is 20.3. The van der Waals surface area contributed by atoms with E-state index in [1.807, 2.05) is 16.5 Å². The van der Waals surface area contributed by atoms with Crippen molar-refractivity contribution in [3.05, 3.63) is 17.5 Å². The maximum atomic E-state index is 11.4. The summed E-state index contributed by atoms with van der Waals surface area (Å²) in [5, 5.41) is 11.2. The van der Waals surface area contributed by atoms with E-state index in [0.717, 1.165) is 77.0 Å². The molecule has 0 atom stereocenters. The normalized spacial score (nSPS) is 15.9. The summed E-state index contributed by atoms with van der Waals surface area (Å²) in [7, 11) is 0. The van der Waals surface area contributed by atoms with Gasteiger partial charge in [0.2, 0.25) is 5.91 Å². The molecule has 8 heteroatoms. The third-order valence-corrected chi connectivity index (χ3v) is 4.78. The van der Waals surface area contributed by atoms with Crippen LogP contribution < -0.4 is 10.6 Å². The molecule has 0 aromatic carbocycles. The number of carbonyl (C=O) groups is 1. The number of amides is 1. The van der Waals surface area contributed by atoms with Gasteiger partial charge in [-0.05, 0) is 33.3 Å². The molecule has 8 nitrogen and oxygen atoms in total. The Morgan fingerprint density at radius 1 is 1.19 bits per heavy atom. The minimum absolute atomic E-state index is 0.176. The molecule has 0 radical (unpaired) electrons. The average Bonchev–Trinajstić information content (AvgIpc) is 2.96. The van der Waals surface area contributed by atoms with Gasteiger partial charge in [-0.15, -0.1) is 0 Å². The Labute approximate surface area is 163 Å². The molecule has 0 bridgehead atoms. The Hall–Kier alpha value is -2.09. The Morgan fingerprint density at radius 3 is 2.52 bits per heavy atom. The van der Waals surface area contributed by atoms with Crippen molar-refractivity contribution in [3.63, 3.8) is 0 Å². The molecule has 1 aliphatic heterocycles. The number of guanidine groups is 1. The molecule has 0 unspecified atom stereocenters. The predicted molar refractivity (Wildman–Crippen MR) is 109 cm³/mol. The molecule has 1 saturated heterocycles. The Morgan fingerprint density at radius 2 is 1.93 bits per heavy atom. The molecule has 1 aromatic rings. The number of aliphatic imine (C=N–C) groups is 1. The molecule has 1 aromatic heterocycles. The summed E-state index contributed by atoms with van der Waals surface area (Å²) >= 11 is 0. The zero-order valence-corrected chi connectivity index (χ0v) is 17.3. The van der Waals surface area contributed by atoms with Crippen LogP contribution >= 0.6 is 0 Å². The van der Waals surface area contributed by atoms with Gasteiger partial charge in [0.1, 0.15) is 0 Å².